The Bertz CT molecular complexity index is 611. The molecule has 0 aliphatic heterocycles. The van der Waals surface area contributed by atoms with Crippen molar-refractivity contribution in [2.45, 2.75) is 13.8 Å². The topological polar surface area (TPSA) is 74.4 Å². The molecule has 0 fully saturated rings. The first-order valence-electron chi connectivity index (χ1n) is 6.16. The summed E-state index contributed by atoms with van der Waals surface area (Å²) < 4.78 is 10.5. The number of nitrogen functional groups attached to an aromatic ring is 1. The lowest BCUT2D eigenvalue weighted by Gasteiger charge is -2.12. The van der Waals surface area contributed by atoms with Gasteiger partial charge >= 0.3 is 5.97 Å². The fourth-order valence-corrected chi connectivity index (χ4v) is 1.89. The van der Waals surface area contributed by atoms with Gasteiger partial charge in [-0.25, -0.2) is 4.79 Å². The molecule has 1 aromatic carbocycles. The van der Waals surface area contributed by atoms with Crippen LogP contribution in [0.5, 0.6) is 5.75 Å². The zero-order chi connectivity index (χ0) is 13.8. The third kappa shape index (κ3) is 2.45. The molecule has 0 saturated carbocycles. The van der Waals surface area contributed by atoms with Crippen molar-refractivity contribution in [3.8, 4) is 5.75 Å². The molecule has 1 heterocycles. The number of carbonyl (C=O) groups excluding carboxylic acids is 1. The summed E-state index contributed by atoms with van der Waals surface area (Å²) in [6.07, 6.45) is 1.63. The molecule has 19 heavy (non-hydrogen) atoms. The van der Waals surface area contributed by atoms with Crippen molar-refractivity contribution in [1.82, 2.24) is 4.98 Å². The molecule has 100 valence electrons. The largest absolute Gasteiger partial charge is 0.493 e. The molecule has 0 radical (unpaired) electrons. The Balaban J connectivity index is 2.65. The lowest BCUT2D eigenvalue weighted by atomic mass is 10.1. The van der Waals surface area contributed by atoms with E-state index in [1.807, 2.05) is 13.0 Å². The highest BCUT2D eigenvalue weighted by atomic mass is 16.5. The van der Waals surface area contributed by atoms with Gasteiger partial charge in [0.05, 0.1) is 30.0 Å². The van der Waals surface area contributed by atoms with Gasteiger partial charge in [-0.2, -0.15) is 0 Å². The van der Waals surface area contributed by atoms with Crippen molar-refractivity contribution in [1.29, 1.82) is 0 Å². The molecule has 0 aliphatic rings. The number of carbonyl (C=O) groups is 1. The molecule has 0 spiro atoms. The number of pyridine rings is 1. The summed E-state index contributed by atoms with van der Waals surface area (Å²) in [6.45, 7) is 4.41. The summed E-state index contributed by atoms with van der Waals surface area (Å²) in [5.74, 6) is 0.122. The molecule has 2 aromatic rings. The van der Waals surface area contributed by atoms with Gasteiger partial charge in [0.25, 0.3) is 0 Å². The van der Waals surface area contributed by atoms with Crippen molar-refractivity contribution in [3.63, 3.8) is 0 Å². The second-order valence-electron chi connectivity index (χ2n) is 3.89. The Morgan fingerprint density at radius 2 is 2.16 bits per heavy atom. The minimum absolute atomic E-state index is 0.288. The number of benzene rings is 1. The molecule has 2 rings (SSSR count). The zero-order valence-electron chi connectivity index (χ0n) is 11.0. The van der Waals surface area contributed by atoms with Crippen molar-refractivity contribution in [2.75, 3.05) is 18.9 Å². The normalized spacial score (nSPS) is 10.4. The summed E-state index contributed by atoms with van der Waals surface area (Å²) in [6, 6.07) is 5.27. The number of esters is 1. The van der Waals surface area contributed by atoms with Gasteiger partial charge in [0.1, 0.15) is 5.75 Å². The molecule has 0 unspecified atom stereocenters. The lowest BCUT2D eigenvalue weighted by molar-refractivity contribution is 0.0527. The summed E-state index contributed by atoms with van der Waals surface area (Å²) >= 11 is 0. The number of nitrogens with two attached hydrogens (primary N) is 1. The van der Waals surface area contributed by atoms with Crippen LogP contribution in [0.3, 0.4) is 0 Å². The van der Waals surface area contributed by atoms with Gasteiger partial charge in [-0.1, -0.05) is 0 Å². The molecule has 5 heteroatoms. The molecule has 0 aliphatic carbocycles. The second-order valence-corrected chi connectivity index (χ2v) is 3.89. The Labute approximate surface area is 111 Å². The average Bonchev–Trinajstić information content (AvgIpc) is 2.42. The third-order valence-corrected chi connectivity index (χ3v) is 2.69. The molecule has 0 atom stereocenters. The van der Waals surface area contributed by atoms with Crippen LogP contribution in [-0.2, 0) is 4.74 Å². The molecule has 0 amide bonds. The Morgan fingerprint density at radius 3 is 2.84 bits per heavy atom. The van der Waals surface area contributed by atoms with E-state index in [4.69, 9.17) is 15.2 Å². The number of fused-ring (bicyclic) bond motifs is 1. The van der Waals surface area contributed by atoms with Crippen LogP contribution < -0.4 is 10.5 Å². The number of rotatable bonds is 4. The maximum atomic E-state index is 11.9. The van der Waals surface area contributed by atoms with E-state index in [-0.39, 0.29) is 5.56 Å². The highest BCUT2D eigenvalue weighted by molar-refractivity contribution is 6.06. The maximum Gasteiger partial charge on any atom is 0.340 e. The monoisotopic (exact) mass is 260 g/mol. The third-order valence-electron chi connectivity index (χ3n) is 2.69. The van der Waals surface area contributed by atoms with Gasteiger partial charge in [-0.3, -0.25) is 4.98 Å². The van der Waals surface area contributed by atoms with Gasteiger partial charge < -0.3 is 15.2 Å². The van der Waals surface area contributed by atoms with E-state index in [1.165, 1.54) is 0 Å². The maximum absolute atomic E-state index is 11.9. The van der Waals surface area contributed by atoms with Gasteiger partial charge in [0, 0.05) is 11.6 Å². The van der Waals surface area contributed by atoms with E-state index in [0.29, 0.717) is 30.2 Å². The molecular weight excluding hydrogens is 244 g/mol. The van der Waals surface area contributed by atoms with Crippen LogP contribution in [0.2, 0.25) is 0 Å². The van der Waals surface area contributed by atoms with E-state index < -0.39 is 5.97 Å². The van der Waals surface area contributed by atoms with Crippen LogP contribution >= 0.6 is 0 Å². The van der Waals surface area contributed by atoms with Crippen molar-refractivity contribution >= 4 is 22.6 Å². The first-order chi connectivity index (χ1) is 9.19. The number of hydrogen-bond donors (Lipinski definition) is 1. The van der Waals surface area contributed by atoms with E-state index in [2.05, 4.69) is 4.98 Å². The molecule has 1 aromatic heterocycles. The van der Waals surface area contributed by atoms with Gasteiger partial charge in [0.2, 0.25) is 0 Å². The van der Waals surface area contributed by atoms with Crippen molar-refractivity contribution in [3.05, 3.63) is 30.0 Å². The van der Waals surface area contributed by atoms with E-state index in [1.54, 1.807) is 25.3 Å². The number of anilines is 1. The fourth-order valence-electron chi connectivity index (χ4n) is 1.89. The standard InChI is InChI=1S/C14H16N2O3/c1-3-18-11-8-10(14(17)19-4-2)12(15)13-9(11)6-5-7-16-13/h5-8H,3-4,15H2,1-2H3. The smallest absolute Gasteiger partial charge is 0.340 e. The lowest BCUT2D eigenvalue weighted by Crippen LogP contribution is -2.09. The molecule has 0 saturated heterocycles. The summed E-state index contributed by atoms with van der Waals surface area (Å²) in [7, 11) is 0. The van der Waals surface area contributed by atoms with Crippen LogP contribution in [0.25, 0.3) is 10.9 Å². The average molecular weight is 260 g/mol. The van der Waals surface area contributed by atoms with Gasteiger partial charge in [-0.15, -0.1) is 0 Å². The molecular formula is C14H16N2O3. The van der Waals surface area contributed by atoms with E-state index in [0.717, 1.165) is 5.39 Å². The predicted molar refractivity (Wildman–Crippen MR) is 73.3 cm³/mol. The molecule has 0 bridgehead atoms. The Kier molecular flexibility index (Phi) is 3.85. The van der Waals surface area contributed by atoms with Crippen LogP contribution in [0.1, 0.15) is 24.2 Å². The second kappa shape index (κ2) is 5.56. The molecule has 2 N–H and O–H groups in total. The number of ether oxygens (including phenoxy) is 2. The summed E-state index contributed by atoms with van der Waals surface area (Å²) in [5.41, 5.74) is 7.15. The van der Waals surface area contributed by atoms with E-state index in [9.17, 15) is 4.79 Å². The highest BCUT2D eigenvalue weighted by Gasteiger charge is 2.17. The van der Waals surface area contributed by atoms with Crippen molar-refractivity contribution in [2.24, 2.45) is 0 Å². The van der Waals surface area contributed by atoms with Crippen LogP contribution in [0, 0.1) is 0 Å². The zero-order valence-corrected chi connectivity index (χ0v) is 11.0. The van der Waals surface area contributed by atoms with Crippen molar-refractivity contribution < 1.29 is 14.3 Å². The van der Waals surface area contributed by atoms with E-state index >= 15 is 0 Å². The van der Waals surface area contributed by atoms with Crippen LogP contribution in [-0.4, -0.2) is 24.2 Å². The first-order valence-corrected chi connectivity index (χ1v) is 6.16. The minimum Gasteiger partial charge on any atom is -0.493 e. The van der Waals surface area contributed by atoms with Gasteiger partial charge in [0.15, 0.2) is 0 Å². The summed E-state index contributed by atoms with van der Waals surface area (Å²) in [5, 5.41) is 0.787. The number of nitrogens with zero attached hydrogens (tertiary/aromatic N) is 1. The van der Waals surface area contributed by atoms with Crippen LogP contribution in [0.4, 0.5) is 5.69 Å². The highest BCUT2D eigenvalue weighted by Crippen LogP contribution is 2.32. The SMILES string of the molecule is CCOC(=O)c1cc(OCC)c2cccnc2c1N. The predicted octanol–water partition coefficient (Wildman–Crippen LogP) is 2.39. The summed E-state index contributed by atoms with van der Waals surface area (Å²) in [4.78, 5) is 16.1. The van der Waals surface area contributed by atoms with Crippen LogP contribution in [0.15, 0.2) is 24.4 Å². The quantitative estimate of drug-likeness (QED) is 0.675. The Hall–Kier alpha value is -2.30. The number of hydrogen-bond acceptors (Lipinski definition) is 5. The number of aromatic nitrogens is 1. The minimum atomic E-state index is -0.464. The fraction of sp³-hybridized carbons (Fsp3) is 0.286. The molecule has 5 nitrogen and oxygen atoms in total. The Morgan fingerprint density at radius 1 is 1.37 bits per heavy atom. The first kappa shape index (κ1) is 13.1. The van der Waals surface area contributed by atoms with Gasteiger partial charge in [-0.05, 0) is 32.0 Å².